The molecule has 2 aromatic heterocycles. The molecule has 0 fully saturated rings. The van der Waals surface area contributed by atoms with E-state index in [0.717, 1.165) is 42.0 Å². The van der Waals surface area contributed by atoms with Crippen LogP contribution in [0.1, 0.15) is 28.0 Å². The second-order valence-electron chi connectivity index (χ2n) is 6.20. The van der Waals surface area contributed by atoms with Crippen LogP contribution in [0.5, 0.6) is 0 Å². The third-order valence-corrected chi connectivity index (χ3v) is 5.10. The van der Waals surface area contributed by atoms with Crippen molar-refractivity contribution in [3.05, 3.63) is 64.0 Å². The monoisotopic (exact) mass is 337 g/mol. The van der Waals surface area contributed by atoms with Crippen molar-refractivity contribution in [3.8, 4) is 11.3 Å². The van der Waals surface area contributed by atoms with Crippen LogP contribution < -0.4 is 0 Å². The van der Waals surface area contributed by atoms with E-state index in [9.17, 15) is 4.79 Å². The predicted molar refractivity (Wildman–Crippen MR) is 96.1 cm³/mol. The number of hydrogen-bond donors (Lipinski definition) is 0. The molecule has 0 atom stereocenters. The Morgan fingerprint density at radius 1 is 1.17 bits per heavy atom. The number of hydrogen-bond acceptors (Lipinski definition) is 3. The fraction of sp³-hybridized carbons (Fsp3) is 0.263. The molecule has 0 bridgehead atoms. The lowest BCUT2D eigenvalue weighted by atomic mass is 10.1. The fourth-order valence-electron chi connectivity index (χ4n) is 3.07. The SMILES string of the molecule is Cc1ccc(-c2cc3n(n2)CCCN(C(=O)c2ccsc2)C3)cc1. The van der Waals surface area contributed by atoms with Gasteiger partial charge in [0.1, 0.15) is 0 Å². The van der Waals surface area contributed by atoms with Gasteiger partial charge in [-0.2, -0.15) is 16.4 Å². The number of thiophene rings is 1. The first-order valence-corrected chi connectivity index (χ1v) is 9.10. The summed E-state index contributed by atoms with van der Waals surface area (Å²) in [5.74, 6) is 0.114. The van der Waals surface area contributed by atoms with Crippen LogP contribution >= 0.6 is 11.3 Å². The average molecular weight is 337 g/mol. The van der Waals surface area contributed by atoms with Gasteiger partial charge in [0, 0.05) is 24.0 Å². The third-order valence-electron chi connectivity index (χ3n) is 4.42. The Labute approximate surface area is 145 Å². The van der Waals surface area contributed by atoms with Crippen LogP contribution in [-0.2, 0) is 13.1 Å². The molecular weight excluding hydrogens is 318 g/mol. The van der Waals surface area contributed by atoms with Crippen molar-refractivity contribution in [1.82, 2.24) is 14.7 Å². The van der Waals surface area contributed by atoms with Gasteiger partial charge in [-0.1, -0.05) is 29.8 Å². The quantitative estimate of drug-likeness (QED) is 0.710. The van der Waals surface area contributed by atoms with Crippen LogP contribution in [0.2, 0.25) is 0 Å². The first kappa shape index (κ1) is 15.1. The summed E-state index contributed by atoms with van der Waals surface area (Å²) >= 11 is 1.56. The second kappa shape index (κ2) is 6.24. The lowest BCUT2D eigenvalue weighted by Crippen LogP contribution is -2.30. The van der Waals surface area contributed by atoms with E-state index in [2.05, 4.69) is 41.9 Å². The number of carbonyl (C=O) groups excluding carboxylic acids is 1. The number of amides is 1. The number of carbonyl (C=O) groups is 1. The normalized spacial score (nSPS) is 14.3. The summed E-state index contributed by atoms with van der Waals surface area (Å²) in [6, 6.07) is 12.4. The molecule has 5 heteroatoms. The highest BCUT2D eigenvalue weighted by Gasteiger charge is 2.22. The largest absolute Gasteiger partial charge is 0.333 e. The minimum absolute atomic E-state index is 0.114. The van der Waals surface area contributed by atoms with Gasteiger partial charge in [0.25, 0.3) is 5.91 Å². The summed E-state index contributed by atoms with van der Waals surface area (Å²) in [6.07, 6.45) is 0.928. The second-order valence-corrected chi connectivity index (χ2v) is 6.98. The van der Waals surface area contributed by atoms with Crippen LogP contribution in [0.25, 0.3) is 11.3 Å². The molecule has 1 aromatic carbocycles. The van der Waals surface area contributed by atoms with Crippen LogP contribution in [0.4, 0.5) is 0 Å². The highest BCUT2D eigenvalue weighted by atomic mass is 32.1. The maximum atomic E-state index is 12.6. The van der Waals surface area contributed by atoms with Gasteiger partial charge in [0.2, 0.25) is 0 Å². The molecule has 1 aliphatic rings. The van der Waals surface area contributed by atoms with E-state index in [1.807, 2.05) is 21.7 Å². The van der Waals surface area contributed by atoms with Gasteiger partial charge < -0.3 is 4.90 Å². The van der Waals surface area contributed by atoms with Crippen molar-refractivity contribution in [2.45, 2.75) is 26.4 Å². The highest BCUT2D eigenvalue weighted by Crippen LogP contribution is 2.23. The summed E-state index contributed by atoms with van der Waals surface area (Å²) in [5, 5.41) is 8.62. The molecule has 3 aromatic rings. The van der Waals surface area contributed by atoms with Gasteiger partial charge in [-0.15, -0.1) is 0 Å². The van der Waals surface area contributed by atoms with E-state index in [0.29, 0.717) is 6.54 Å². The molecule has 0 unspecified atom stereocenters. The van der Waals surface area contributed by atoms with Gasteiger partial charge in [-0.25, -0.2) is 0 Å². The Kier molecular flexibility index (Phi) is 3.94. The van der Waals surface area contributed by atoms with Crippen LogP contribution in [-0.4, -0.2) is 27.1 Å². The van der Waals surface area contributed by atoms with Gasteiger partial charge in [-0.3, -0.25) is 9.48 Å². The van der Waals surface area contributed by atoms with Gasteiger partial charge in [0.05, 0.1) is 23.5 Å². The van der Waals surface area contributed by atoms with Crippen molar-refractivity contribution >= 4 is 17.2 Å². The smallest absolute Gasteiger partial charge is 0.255 e. The summed E-state index contributed by atoms with van der Waals surface area (Å²) < 4.78 is 2.05. The number of aromatic nitrogens is 2. The Morgan fingerprint density at radius 2 is 2.00 bits per heavy atom. The zero-order valence-corrected chi connectivity index (χ0v) is 14.4. The third kappa shape index (κ3) is 2.87. The highest BCUT2D eigenvalue weighted by molar-refractivity contribution is 7.08. The van der Waals surface area contributed by atoms with Crippen molar-refractivity contribution in [2.75, 3.05) is 6.54 Å². The number of aryl methyl sites for hydroxylation is 2. The number of fused-ring (bicyclic) bond motifs is 1. The molecule has 0 saturated carbocycles. The minimum Gasteiger partial charge on any atom is -0.333 e. The predicted octanol–water partition coefficient (Wildman–Crippen LogP) is 3.97. The van der Waals surface area contributed by atoms with Crippen molar-refractivity contribution in [2.24, 2.45) is 0 Å². The molecular formula is C19H19N3OS. The molecule has 0 spiro atoms. The fourth-order valence-corrected chi connectivity index (χ4v) is 3.70. The summed E-state index contributed by atoms with van der Waals surface area (Å²) in [6.45, 7) is 4.33. The molecule has 4 rings (SSSR count). The van der Waals surface area contributed by atoms with Crippen LogP contribution in [0.15, 0.2) is 47.2 Å². The molecule has 122 valence electrons. The van der Waals surface area contributed by atoms with Crippen molar-refractivity contribution in [3.63, 3.8) is 0 Å². The van der Waals surface area contributed by atoms with Crippen LogP contribution in [0.3, 0.4) is 0 Å². The van der Waals surface area contributed by atoms with Gasteiger partial charge in [-0.05, 0) is 30.9 Å². The topological polar surface area (TPSA) is 38.1 Å². The van der Waals surface area contributed by atoms with Gasteiger partial charge >= 0.3 is 0 Å². The van der Waals surface area contributed by atoms with E-state index in [4.69, 9.17) is 5.10 Å². The van der Waals surface area contributed by atoms with E-state index < -0.39 is 0 Å². The van der Waals surface area contributed by atoms with Crippen LogP contribution in [0, 0.1) is 6.92 Å². The molecule has 1 aliphatic heterocycles. The van der Waals surface area contributed by atoms with E-state index in [1.165, 1.54) is 5.56 Å². The average Bonchev–Trinajstić information content (AvgIpc) is 3.21. The molecule has 0 N–H and O–H groups in total. The number of benzene rings is 1. The number of rotatable bonds is 2. The molecule has 0 saturated heterocycles. The molecule has 1 amide bonds. The maximum Gasteiger partial charge on any atom is 0.255 e. The maximum absolute atomic E-state index is 12.6. The summed E-state index contributed by atoms with van der Waals surface area (Å²) in [4.78, 5) is 14.6. The molecule has 0 aliphatic carbocycles. The lowest BCUT2D eigenvalue weighted by molar-refractivity contribution is 0.0746. The van der Waals surface area contributed by atoms with E-state index in [-0.39, 0.29) is 5.91 Å². The Hall–Kier alpha value is -2.40. The van der Waals surface area contributed by atoms with E-state index >= 15 is 0 Å². The van der Waals surface area contributed by atoms with Gasteiger partial charge in [0.15, 0.2) is 0 Å². The zero-order valence-electron chi connectivity index (χ0n) is 13.6. The van der Waals surface area contributed by atoms with E-state index in [1.54, 1.807) is 11.3 Å². The molecule has 0 radical (unpaired) electrons. The Balaban J connectivity index is 1.61. The first-order valence-electron chi connectivity index (χ1n) is 8.16. The summed E-state index contributed by atoms with van der Waals surface area (Å²) in [7, 11) is 0. The lowest BCUT2D eigenvalue weighted by Gasteiger charge is -2.19. The minimum atomic E-state index is 0.114. The summed E-state index contributed by atoms with van der Waals surface area (Å²) in [5.41, 5.74) is 5.23. The molecule has 3 heterocycles. The number of nitrogens with zero attached hydrogens (tertiary/aromatic N) is 3. The van der Waals surface area contributed by atoms with Crippen molar-refractivity contribution in [1.29, 1.82) is 0 Å². The molecule has 24 heavy (non-hydrogen) atoms. The standard InChI is InChI=1S/C19H19N3OS/c1-14-3-5-15(6-4-14)18-11-17-12-21(8-2-9-22(17)20-18)19(23)16-7-10-24-13-16/h3-7,10-11,13H,2,8-9,12H2,1H3. The Morgan fingerprint density at radius 3 is 2.75 bits per heavy atom. The van der Waals surface area contributed by atoms with Crippen molar-refractivity contribution < 1.29 is 4.79 Å². The Bertz CT molecular complexity index is 849. The molecule has 4 nitrogen and oxygen atoms in total. The zero-order chi connectivity index (χ0) is 16.5. The first-order chi connectivity index (χ1) is 11.7.